The standard InChI is InChI=1S/C19H17N3O2S2/c1-13-3-2-4-14(11-13)18(24)21-15-5-7-16(8-6-15)26-12-17(23)22-19-20-9-10-25-19/h2-11H,12H2,1H3,(H,21,24)(H,20,22,23). The molecular formula is C19H17N3O2S2. The van der Waals surface area contributed by atoms with Crippen LogP contribution in [0.3, 0.4) is 0 Å². The lowest BCUT2D eigenvalue weighted by Crippen LogP contribution is -2.13. The van der Waals surface area contributed by atoms with Crippen LogP contribution in [-0.2, 0) is 4.79 Å². The Morgan fingerprint density at radius 3 is 2.62 bits per heavy atom. The van der Waals surface area contributed by atoms with Crippen molar-refractivity contribution in [3.63, 3.8) is 0 Å². The predicted molar refractivity (Wildman–Crippen MR) is 107 cm³/mol. The molecule has 0 saturated heterocycles. The summed E-state index contributed by atoms with van der Waals surface area (Å²) in [6, 6.07) is 14.9. The molecule has 7 heteroatoms. The highest BCUT2D eigenvalue weighted by molar-refractivity contribution is 8.00. The van der Waals surface area contributed by atoms with E-state index in [0.29, 0.717) is 22.1 Å². The van der Waals surface area contributed by atoms with Crippen molar-refractivity contribution in [1.29, 1.82) is 0 Å². The van der Waals surface area contributed by atoms with E-state index in [2.05, 4.69) is 15.6 Å². The third-order valence-electron chi connectivity index (χ3n) is 3.44. The number of thiazole rings is 1. The van der Waals surface area contributed by atoms with Gasteiger partial charge in [0, 0.05) is 27.7 Å². The Hall–Kier alpha value is -2.64. The van der Waals surface area contributed by atoms with Gasteiger partial charge < -0.3 is 10.6 Å². The summed E-state index contributed by atoms with van der Waals surface area (Å²) in [5.74, 6) is 0.0629. The molecule has 0 fully saturated rings. The highest BCUT2D eigenvalue weighted by Crippen LogP contribution is 2.21. The first kappa shape index (κ1) is 18.2. The van der Waals surface area contributed by atoms with Crippen LogP contribution >= 0.6 is 23.1 Å². The first-order valence-corrected chi connectivity index (χ1v) is 9.77. The van der Waals surface area contributed by atoms with Gasteiger partial charge in [0.25, 0.3) is 5.91 Å². The van der Waals surface area contributed by atoms with Crippen molar-refractivity contribution in [3.05, 3.63) is 71.2 Å². The van der Waals surface area contributed by atoms with E-state index in [9.17, 15) is 9.59 Å². The average Bonchev–Trinajstić information content (AvgIpc) is 3.14. The number of nitrogens with zero attached hydrogens (tertiary/aromatic N) is 1. The molecule has 1 aromatic heterocycles. The molecule has 2 N–H and O–H groups in total. The molecule has 0 bridgehead atoms. The molecule has 3 aromatic rings. The summed E-state index contributed by atoms with van der Waals surface area (Å²) in [5.41, 5.74) is 2.39. The van der Waals surface area contributed by atoms with Gasteiger partial charge in [-0.25, -0.2) is 4.98 Å². The van der Waals surface area contributed by atoms with Gasteiger partial charge in [-0.15, -0.1) is 23.1 Å². The molecule has 3 rings (SSSR count). The second kappa shape index (κ2) is 8.64. The number of aryl methyl sites for hydroxylation is 1. The molecule has 1 heterocycles. The molecule has 132 valence electrons. The fraction of sp³-hybridized carbons (Fsp3) is 0.105. The van der Waals surface area contributed by atoms with E-state index in [4.69, 9.17) is 0 Å². The predicted octanol–water partition coefficient (Wildman–Crippen LogP) is 4.43. The van der Waals surface area contributed by atoms with Crippen LogP contribution in [0, 0.1) is 6.92 Å². The van der Waals surface area contributed by atoms with Crippen LogP contribution in [0.15, 0.2) is 65.0 Å². The van der Waals surface area contributed by atoms with Crippen LogP contribution in [0.5, 0.6) is 0 Å². The van der Waals surface area contributed by atoms with Crippen LogP contribution in [0.25, 0.3) is 0 Å². The van der Waals surface area contributed by atoms with Crippen molar-refractivity contribution in [3.8, 4) is 0 Å². The van der Waals surface area contributed by atoms with Crippen LogP contribution in [0.4, 0.5) is 10.8 Å². The number of nitrogens with one attached hydrogen (secondary N) is 2. The van der Waals surface area contributed by atoms with Crippen molar-refractivity contribution in [1.82, 2.24) is 4.98 Å². The van der Waals surface area contributed by atoms with E-state index in [0.717, 1.165) is 10.5 Å². The van der Waals surface area contributed by atoms with Gasteiger partial charge in [-0.1, -0.05) is 17.7 Å². The van der Waals surface area contributed by atoms with Crippen LogP contribution in [0.2, 0.25) is 0 Å². The SMILES string of the molecule is Cc1cccc(C(=O)Nc2ccc(SCC(=O)Nc3nccs3)cc2)c1. The van der Waals surface area contributed by atoms with Gasteiger partial charge >= 0.3 is 0 Å². The van der Waals surface area contributed by atoms with Crippen LogP contribution in [0.1, 0.15) is 15.9 Å². The van der Waals surface area contributed by atoms with Crippen molar-refractivity contribution >= 4 is 45.7 Å². The normalized spacial score (nSPS) is 10.3. The van der Waals surface area contributed by atoms with E-state index < -0.39 is 0 Å². The molecule has 0 spiro atoms. The molecule has 0 atom stereocenters. The zero-order valence-corrected chi connectivity index (χ0v) is 15.7. The number of benzene rings is 2. The minimum atomic E-state index is -0.142. The Bertz CT molecular complexity index is 893. The monoisotopic (exact) mass is 383 g/mol. The van der Waals surface area contributed by atoms with Gasteiger partial charge in [-0.3, -0.25) is 9.59 Å². The van der Waals surface area contributed by atoms with Gasteiger partial charge in [0.15, 0.2) is 5.13 Å². The number of thioether (sulfide) groups is 1. The summed E-state index contributed by atoms with van der Waals surface area (Å²) < 4.78 is 0. The number of amides is 2. The summed E-state index contributed by atoms with van der Waals surface area (Å²) >= 11 is 2.82. The van der Waals surface area contributed by atoms with Crippen molar-refractivity contribution in [2.75, 3.05) is 16.4 Å². The maximum absolute atomic E-state index is 12.2. The lowest BCUT2D eigenvalue weighted by molar-refractivity contribution is -0.113. The maximum Gasteiger partial charge on any atom is 0.255 e. The number of anilines is 2. The summed E-state index contributed by atoms with van der Waals surface area (Å²) in [5, 5.41) is 8.03. The summed E-state index contributed by atoms with van der Waals surface area (Å²) in [6.45, 7) is 1.95. The number of hydrogen-bond donors (Lipinski definition) is 2. The van der Waals surface area contributed by atoms with E-state index in [1.165, 1.54) is 23.1 Å². The molecule has 5 nitrogen and oxygen atoms in total. The summed E-state index contributed by atoms with van der Waals surface area (Å²) in [6.07, 6.45) is 1.65. The summed E-state index contributed by atoms with van der Waals surface area (Å²) in [7, 11) is 0. The minimum absolute atomic E-state index is 0.0956. The zero-order valence-electron chi connectivity index (χ0n) is 14.1. The van der Waals surface area contributed by atoms with E-state index >= 15 is 0 Å². The zero-order chi connectivity index (χ0) is 18.4. The van der Waals surface area contributed by atoms with Gasteiger partial charge in [0.2, 0.25) is 5.91 Å². The van der Waals surface area contributed by atoms with Gasteiger partial charge in [0.05, 0.1) is 5.75 Å². The average molecular weight is 383 g/mol. The number of carbonyl (C=O) groups is 2. The first-order chi connectivity index (χ1) is 12.6. The number of rotatable bonds is 6. The molecule has 26 heavy (non-hydrogen) atoms. The smallest absolute Gasteiger partial charge is 0.255 e. The molecule has 2 amide bonds. The third-order valence-corrected chi connectivity index (χ3v) is 5.14. The van der Waals surface area contributed by atoms with E-state index in [1.54, 1.807) is 12.3 Å². The van der Waals surface area contributed by atoms with Crippen molar-refractivity contribution in [2.24, 2.45) is 0 Å². The highest BCUT2D eigenvalue weighted by atomic mass is 32.2. The summed E-state index contributed by atoms with van der Waals surface area (Å²) in [4.78, 5) is 29.1. The van der Waals surface area contributed by atoms with Gasteiger partial charge in [0.1, 0.15) is 0 Å². The lowest BCUT2D eigenvalue weighted by atomic mass is 10.1. The topological polar surface area (TPSA) is 71.1 Å². The molecule has 0 aliphatic carbocycles. The molecule has 0 aliphatic heterocycles. The Balaban J connectivity index is 1.51. The second-order valence-electron chi connectivity index (χ2n) is 5.52. The van der Waals surface area contributed by atoms with Gasteiger partial charge in [-0.2, -0.15) is 0 Å². The fourth-order valence-corrected chi connectivity index (χ4v) is 3.46. The van der Waals surface area contributed by atoms with E-state index in [1.807, 2.05) is 54.8 Å². The highest BCUT2D eigenvalue weighted by Gasteiger charge is 2.07. The number of carbonyl (C=O) groups excluding carboxylic acids is 2. The van der Waals surface area contributed by atoms with Crippen LogP contribution in [-0.4, -0.2) is 22.6 Å². The molecule has 0 aliphatic rings. The minimum Gasteiger partial charge on any atom is -0.322 e. The fourth-order valence-electron chi connectivity index (χ4n) is 2.21. The Morgan fingerprint density at radius 1 is 1.12 bits per heavy atom. The Morgan fingerprint density at radius 2 is 1.92 bits per heavy atom. The number of hydrogen-bond acceptors (Lipinski definition) is 5. The van der Waals surface area contributed by atoms with Crippen molar-refractivity contribution < 1.29 is 9.59 Å². The molecule has 0 saturated carbocycles. The first-order valence-electron chi connectivity index (χ1n) is 7.90. The Kier molecular flexibility index (Phi) is 6.04. The second-order valence-corrected chi connectivity index (χ2v) is 7.47. The van der Waals surface area contributed by atoms with Gasteiger partial charge in [-0.05, 0) is 43.3 Å². The molecule has 0 unspecified atom stereocenters. The van der Waals surface area contributed by atoms with Crippen LogP contribution < -0.4 is 10.6 Å². The largest absolute Gasteiger partial charge is 0.322 e. The van der Waals surface area contributed by atoms with Crippen molar-refractivity contribution in [2.45, 2.75) is 11.8 Å². The number of aromatic nitrogens is 1. The maximum atomic E-state index is 12.2. The molecule has 0 radical (unpaired) electrons. The third kappa shape index (κ3) is 5.18. The molecule has 2 aromatic carbocycles. The molecular weight excluding hydrogens is 366 g/mol. The lowest BCUT2D eigenvalue weighted by Gasteiger charge is -2.07. The van der Waals surface area contributed by atoms with E-state index in [-0.39, 0.29) is 11.8 Å². The Labute approximate surface area is 159 Å². The quantitative estimate of drug-likeness (QED) is 0.618.